The molecule has 130 valence electrons. The van der Waals surface area contributed by atoms with Gasteiger partial charge in [-0.25, -0.2) is 0 Å². The molecule has 2 aliphatic heterocycles. The first-order chi connectivity index (χ1) is 11.4. The van der Waals surface area contributed by atoms with Crippen LogP contribution in [0.3, 0.4) is 0 Å². The van der Waals surface area contributed by atoms with Crippen molar-refractivity contribution in [2.24, 2.45) is 0 Å². The second kappa shape index (κ2) is 6.43. The smallest absolute Gasteiger partial charge is 0.250 e. The molecule has 0 unspecified atom stereocenters. The highest BCUT2D eigenvalue weighted by Crippen LogP contribution is 2.34. The standard InChI is InChI=1S/C18H26N4O2/c1-20(2)15-6-4-14(5-7-15)19-17(24)18(22-11-8-16(22)23)9-12-21(3)13-10-18/h4-7H,8-13H2,1-3H3,(H,19,24). The van der Waals surface area contributed by atoms with E-state index in [9.17, 15) is 9.59 Å². The van der Waals surface area contributed by atoms with Crippen molar-refractivity contribution < 1.29 is 9.59 Å². The zero-order chi connectivity index (χ0) is 17.3. The van der Waals surface area contributed by atoms with Gasteiger partial charge in [-0.15, -0.1) is 0 Å². The second-order valence-corrected chi connectivity index (χ2v) is 7.03. The van der Waals surface area contributed by atoms with Crippen LogP contribution < -0.4 is 10.2 Å². The summed E-state index contributed by atoms with van der Waals surface area (Å²) in [4.78, 5) is 31.1. The van der Waals surface area contributed by atoms with Crippen LogP contribution in [0, 0.1) is 0 Å². The highest BCUT2D eigenvalue weighted by atomic mass is 16.2. The van der Waals surface area contributed by atoms with Gasteiger partial charge in [-0.1, -0.05) is 0 Å². The SMILES string of the molecule is CN1CCC(C(=O)Nc2ccc(N(C)C)cc2)(N2CCC2=O)CC1. The van der Waals surface area contributed by atoms with E-state index < -0.39 is 5.54 Å². The summed E-state index contributed by atoms with van der Waals surface area (Å²) in [6.07, 6.45) is 1.94. The molecule has 3 rings (SSSR count). The Morgan fingerprint density at radius 3 is 2.21 bits per heavy atom. The monoisotopic (exact) mass is 330 g/mol. The van der Waals surface area contributed by atoms with E-state index in [0.29, 0.717) is 25.8 Å². The van der Waals surface area contributed by atoms with Crippen LogP contribution in [0.15, 0.2) is 24.3 Å². The van der Waals surface area contributed by atoms with E-state index in [1.165, 1.54) is 0 Å². The quantitative estimate of drug-likeness (QED) is 0.848. The Bertz CT molecular complexity index is 618. The van der Waals surface area contributed by atoms with Crippen molar-refractivity contribution in [3.63, 3.8) is 0 Å². The van der Waals surface area contributed by atoms with Crippen LogP contribution in [0.1, 0.15) is 19.3 Å². The van der Waals surface area contributed by atoms with Crippen LogP contribution in [-0.4, -0.2) is 67.9 Å². The maximum absolute atomic E-state index is 13.1. The van der Waals surface area contributed by atoms with Crippen LogP contribution in [0.4, 0.5) is 11.4 Å². The zero-order valence-corrected chi connectivity index (χ0v) is 14.7. The highest BCUT2D eigenvalue weighted by Gasteiger charge is 2.50. The second-order valence-electron chi connectivity index (χ2n) is 7.03. The molecule has 24 heavy (non-hydrogen) atoms. The van der Waals surface area contributed by atoms with Gasteiger partial charge in [0, 0.05) is 51.5 Å². The summed E-state index contributed by atoms with van der Waals surface area (Å²) in [5.74, 6) is 0.0407. The molecule has 2 aliphatic rings. The van der Waals surface area contributed by atoms with Crippen LogP contribution >= 0.6 is 0 Å². The van der Waals surface area contributed by atoms with Gasteiger partial charge >= 0.3 is 0 Å². The van der Waals surface area contributed by atoms with Gasteiger partial charge < -0.3 is 20.0 Å². The first-order valence-corrected chi connectivity index (χ1v) is 8.50. The lowest BCUT2D eigenvalue weighted by atomic mass is 9.82. The Morgan fingerprint density at radius 2 is 1.75 bits per heavy atom. The minimum Gasteiger partial charge on any atom is -0.378 e. The molecule has 0 atom stereocenters. The number of piperidine rings is 1. The molecule has 2 fully saturated rings. The summed E-state index contributed by atoms with van der Waals surface area (Å²) in [5, 5.41) is 3.03. The number of likely N-dealkylation sites (tertiary alicyclic amines) is 2. The predicted molar refractivity (Wildman–Crippen MR) is 95.2 cm³/mol. The molecule has 0 bridgehead atoms. The number of nitrogens with zero attached hydrogens (tertiary/aromatic N) is 3. The number of nitrogens with one attached hydrogen (secondary N) is 1. The number of benzene rings is 1. The lowest BCUT2D eigenvalue weighted by molar-refractivity contribution is -0.158. The van der Waals surface area contributed by atoms with E-state index in [1.54, 1.807) is 4.90 Å². The molecule has 1 aromatic carbocycles. The van der Waals surface area contributed by atoms with Gasteiger partial charge in [0.15, 0.2) is 0 Å². The number of amides is 2. The molecule has 0 radical (unpaired) electrons. The van der Waals surface area contributed by atoms with Gasteiger partial charge in [0.2, 0.25) is 11.8 Å². The van der Waals surface area contributed by atoms with Gasteiger partial charge in [-0.2, -0.15) is 0 Å². The van der Waals surface area contributed by atoms with Crippen molar-refractivity contribution in [3.8, 4) is 0 Å². The van der Waals surface area contributed by atoms with Gasteiger partial charge in [-0.3, -0.25) is 9.59 Å². The highest BCUT2D eigenvalue weighted by molar-refractivity contribution is 6.01. The number of anilines is 2. The van der Waals surface area contributed by atoms with E-state index in [2.05, 4.69) is 17.3 Å². The topological polar surface area (TPSA) is 55.9 Å². The molecular formula is C18H26N4O2. The van der Waals surface area contributed by atoms with E-state index in [1.807, 2.05) is 43.3 Å². The number of β-lactam (4-membered cyclic amide) rings is 1. The number of rotatable bonds is 4. The van der Waals surface area contributed by atoms with Crippen molar-refractivity contribution >= 4 is 23.2 Å². The van der Waals surface area contributed by atoms with Crippen LogP contribution in [0.5, 0.6) is 0 Å². The molecule has 2 saturated heterocycles. The van der Waals surface area contributed by atoms with Crippen LogP contribution in [0.2, 0.25) is 0 Å². The normalized spacial score (nSPS) is 20.5. The largest absolute Gasteiger partial charge is 0.378 e. The number of carbonyl (C=O) groups excluding carboxylic acids is 2. The van der Waals surface area contributed by atoms with E-state index in [0.717, 1.165) is 24.5 Å². The Hall–Kier alpha value is -2.08. The summed E-state index contributed by atoms with van der Waals surface area (Å²) in [7, 11) is 6.02. The fourth-order valence-electron chi connectivity index (χ4n) is 3.47. The number of hydrogen-bond acceptors (Lipinski definition) is 4. The van der Waals surface area contributed by atoms with Gasteiger partial charge in [0.1, 0.15) is 5.54 Å². The molecule has 0 aliphatic carbocycles. The number of hydrogen-bond donors (Lipinski definition) is 1. The maximum atomic E-state index is 13.1. The van der Waals surface area contributed by atoms with Crippen molar-refractivity contribution in [1.29, 1.82) is 0 Å². The minimum atomic E-state index is -0.692. The summed E-state index contributed by atoms with van der Waals surface area (Å²) >= 11 is 0. The molecule has 6 heteroatoms. The summed E-state index contributed by atoms with van der Waals surface area (Å²) < 4.78 is 0. The first-order valence-electron chi connectivity index (χ1n) is 8.50. The summed E-state index contributed by atoms with van der Waals surface area (Å²) in [6, 6.07) is 7.78. The first kappa shape index (κ1) is 16.8. The third-order valence-electron chi connectivity index (χ3n) is 5.25. The molecule has 6 nitrogen and oxygen atoms in total. The third-order valence-corrected chi connectivity index (χ3v) is 5.25. The zero-order valence-electron chi connectivity index (χ0n) is 14.7. The summed E-state index contributed by atoms with van der Waals surface area (Å²) in [5.41, 5.74) is 1.17. The Balaban J connectivity index is 1.77. The Kier molecular flexibility index (Phi) is 4.49. The van der Waals surface area contributed by atoms with Crippen molar-refractivity contribution in [2.45, 2.75) is 24.8 Å². The minimum absolute atomic E-state index is 0.0544. The molecule has 2 heterocycles. The van der Waals surface area contributed by atoms with Crippen molar-refractivity contribution in [2.75, 3.05) is 51.0 Å². The maximum Gasteiger partial charge on any atom is 0.250 e. The van der Waals surface area contributed by atoms with Crippen molar-refractivity contribution in [1.82, 2.24) is 9.80 Å². The average Bonchev–Trinajstić information content (AvgIpc) is 2.56. The molecule has 1 N–H and O–H groups in total. The fraction of sp³-hybridized carbons (Fsp3) is 0.556. The lowest BCUT2D eigenvalue weighted by Crippen LogP contribution is -2.67. The fourth-order valence-corrected chi connectivity index (χ4v) is 3.47. The Labute approximate surface area is 143 Å². The molecule has 1 aromatic rings. The molecular weight excluding hydrogens is 304 g/mol. The van der Waals surface area contributed by atoms with Gasteiger partial charge in [-0.05, 0) is 44.2 Å². The van der Waals surface area contributed by atoms with E-state index >= 15 is 0 Å². The number of carbonyl (C=O) groups is 2. The average molecular weight is 330 g/mol. The van der Waals surface area contributed by atoms with E-state index in [-0.39, 0.29) is 11.8 Å². The molecule has 2 amide bonds. The van der Waals surface area contributed by atoms with Crippen LogP contribution in [0.25, 0.3) is 0 Å². The lowest BCUT2D eigenvalue weighted by Gasteiger charge is -2.50. The van der Waals surface area contributed by atoms with Crippen LogP contribution in [-0.2, 0) is 9.59 Å². The molecule has 0 spiro atoms. The van der Waals surface area contributed by atoms with E-state index in [4.69, 9.17) is 0 Å². The van der Waals surface area contributed by atoms with Gasteiger partial charge in [0.05, 0.1) is 0 Å². The Morgan fingerprint density at radius 1 is 1.12 bits per heavy atom. The van der Waals surface area contributed by atoms with Crippen molar-refractivity contribution in [3.05, 3.63) is 24.3 Å². The predicted octanol–water partition coefficient (Wildman–Crippen LogP) is 1.39. The third kappa shape index (κ3) is 2.98. The molecule has 0 saturated carbocycles. The van der Waals surface area contributed by atoms with Gasteiger partial charge in [0.25, 0.3) is 0 Å². The summed E-state index contributed by atoms with van der Waals surface area (Å²) in [6.45, 7) is 2.35. The molecule has 0 aromatic heterocycles.